The van der Waals surface area contributed by atoms with E-state index in [0.717, 1.165) is 34.7 Å². The predicted octanol–water partition coefficient (Wildman–Crippen LogP) is 7.96. The summed E-state index contributed by atoms with van der Waals surface area (Å²) >= 11 is 6.23. The second-order valence-corrected chi connectivity index (χ2v) is 9.79. The second kappa shape index (κ2) is 12.4. The Kier molecular flexibility index (Phi) is 8.78. The Morgan fingerprint density at radius 3 is 2.18 bits per heavy atom. The van der Waals surface area contributed by atoms with Gasteiger partial charge in [-0.2, -0.15) is 0 Å². The smallest absolute Gasteiger partial charge is 0.305 e. The van der Waals surface area contributed by atoms with Crippen molar-refractivity contribution in [3.63, 3.8) is 0 Å². The monoisotopic (exact) mass is 524 g/mol. The van der Waals surface area contributed by atoms with Gasteiger partial charge in [0.05, 0.1) is 13.0 Å². The molecule has 0 bridgehead atoms. The number of hydrogen-bond donors (Lipinski definition) is 2. The summed E-state index contributed by atoms with van der Waals surface area (Å²) in [7, 11) is 0. The van der Waals surface area contributed by atoms with Crippen LogP contribution >= 0.6 is 11.6 Å². The molecule has 2 atom stereocenters. The Labute approximate surface area is 227 Å². The number of benzene rings is 4. The van der Waals surface area contributed by atoms with Gasteiger partial charge in [-0.15, -0.1) is 0 Å². The fourth-order valence-electron chi connectivity index (χ4n) is 4.95. The van der Waals surface area contributed by atoms with E-state index in [9.17, 15) is 9.59 Å². The van der Waals surface area contributed by atoms with Crippen LogP contribution in [-0.2, 0) is 4.79 Å². The van der Waals surface area contributed by atoms with E-state index in [0.29, 0.717) is 16.3 Å². The highest BCUT2D eigenvalue weighted by Gasteiger charge is 2.26. The first kappa shape index (κ1) is 26.9. The van der Waals surface area contributed by atoms with Crippen LogP contribution in [0, 0.1) is 6.57 Å². The van der Waals surface area contributed by atoms with Crippen molar-refractivity contribution in [1.29, 1.82) is 0 Å². The summed E-state index contributed by atoms with van der Waals surface area (Å²) in [4.78, 5) is 26.8. The summed E-state index contributed by atoms with van der Waals surface area (Å²) in [6, 6.07) is 27.8. The van der Waals surface area contributed by atoms with E-state index in [2.05, 4.69) is 47.4 Å². The van der Waals surface area contributed by atoms with Gasteiger partial charge in [0.15, 0.2) is 5.69 Å². The van der Waals surface area contributed by atoms with Crippen LogP contribution in [0.15, 0.2) is 84.9 Å². The predicted molar refractivity (Wildman–Crippen MR) is 152 cm³/mol. The lowest BCUT2D eigenvalue weighted by atomic mass is 9.74. The molecule has 1 amide bonds. The first-order chi connectivity index (χ1) is 18.4. The summed E-state index contributed by atoms with van der Waals surface area (Å²) in [6.07, 6.45) is 1.80. The molecule has 0 spiro atoms. The fourth-order valence-corrected chi connectivity index (χ4v) is 5.07. The number of hydrogen-bond acceptors (Lipinski definition) is 2. The third-order valence-electron chi connectivity index (χ3n) is 6.79. The number of fused-ring (bicyclic) bond motifs is 1. The first-order valence-corrected chi connectivity index (χ1v) is 13.0. The number of carbonyl (C=O) groups excluding carboxylic acids is 1. The van der Waals surface area contributed by atoms with Crippen LogP contribution in [-0.4, -0.2) is 23.5 Å². The molecule has 0 saturated carbocycles. The van der Waals surface area contributed by atoms with Crippen LogP contribution < -0.4 is 5.32 Å². The molecule has 0 heterocycles. The molecule has 0 radical (unpaired) electrons. The van der Waals surface area contributed by atoms with Gasteiger partial charge in [0.25, 0.3) is 5.91 Å². The number of nitrogens with one attached hydrogen (secondary N) is 1. The number of carboxylic acids is 1. The van der Waals surface area contributed by atoms with Crippen LogP contribution in [0.4, 0.5) is 5.69 Å². The van der Waals surface area contributed by atoms with Gasteiger partial charge in [0.1, 0.15) is 0 Å². The third kappa shape index (κ3) is 6.40. The molecule has 4 aromatic rings. The van der Waals surface area contributed by atoms with E-state index in [-0.39, 0.29) is 30.7 Å². The zero-order valence-corrected chi connectivity index (χ0v) is 21.9. The normalized spacial score (nSPS) is 12.4. The van der Waals surface area contributed by atoms with Crippen molar-refractivity contribution in [1.82, 2.24) is 5.32 Å². The van der Waals surface area contributed by atoms with Gasteiger partial charge in [0, 0.05) is 23.0 Å². The van der Waals surface area contributed by atoms with Crippen molar-refractivity contribution >= 4 is 39.9 Å². The van der Waals surface area contributed by atoms with Gasteiger partial charge in [-0.25, -0.2) is 4.85 Å². The standard InChI is InChI=1S/C32H29ClN2O3/c1-3-4-29(21-5-7-23(8-6-21)32(38)35-18-17-30(36)37)31(22-11-14-27(33)15-12-22)26-10-9-25-20-28(34-2)16-13-24(25)19-26/h5-16,19-20,29,31H,3-4,17-18H2,1H3,(H,35,38)(H,36,37)/t29-,31?/m1/s1. The highest BCUT2D eigenvalue weighted by atomic mass is 35.5. The summed E-state index contributed by atoms with van der Waals surface area (Å²) in [6.45, 7) is 9.57. The van der Waals surface area contributed by atoms with Crippen molar-refractivity contribution in [2.45, 2.75) is 38.0 Å². The van der Waals surface area contributed by atoms with E-state index in [1.807, 2.05) is 42.5 Å². The molecule has 4 aromatic carbocycles. The SMILES string of the molecule is [C-]#[N+]c1ccc2cc(C(c3ccc(Cl)cc3)[C@H](CCC)c3ccc(C(=O)NCCC(=O)O)cc3)ccc2c1. The van der Waals surface area contributed by atoms with Crippen molar-refractivity contribution in [2.24, 2.45) is 0 Å². The average molecular weight is 525 g/mol. The van der Waals surface area contributed by atoms with Gasteiger partial charge in [-0.1, -0.05) is 79.5 Å². The Morgan fingerprint density at radius 1 is 0.895 bits per heavy atom. The quantitative estimate of drug-likeness (QED) is 0.207. The molecule has 192 valence electrons. The lowest BCUT2D eigenvalue weighted by Crippen LogP contribution is -2.26. The number of aliphatic carboxylic acids is 1. The maximum absolute atomic E-state index is 12.5. The Hall–Kier alpha value is -4.14. The van der Waals surface area contributed by atoms with E-state index in [1.165, 1.54) is 5.56 Å². The Balaban J connectivity index is 1.72. The molecular formula is C32H29ClN2O3. The molecule has 0 aliphatic rings. The highest BCUT2D eigenvalue weighted by Crippen LogP contribution is 2.42. The summed E-state index contributed by atoms with van der Waals surface area (Å²) < 4.78 is 0. The van der Waals surface area contributed by atoms with Crippen molar-refractivity contribution in [3.05, 3.63) is 124 Å². The zero-order chi connectivity index (χ0) is 27.1. The minimum absolute atomic E-state index is 0.0485. The largest absolute Gasteiger partial charge is 0.481 e. The van der Waals surface area contributed by atoms with Crippen LogP contribution in [0.25, 0.3) is 15.6 Å². The van der Waals surface area contributed by atoms with Crippen molar-refractivity contribution in [3.8, 4) is 0 Å². The second-order valence-electron chi connectivity index (χ2n) is 9.35. The number of carboxylic acid groups (broad SMARTS) is 1. The Morgan fingerprint density at radius 2 is 1.53 bits per heavy atom. The van der Waals surface area contributed by atoms with E-state index < -0.39 is 5.97 Å². The molecule has 38 heavy (non-hydrogen) atoms. The fraction of sp³-hybridized carbons (Fsp3) is 0.219. The molecule has 0 aliphatic carbocycles. The lowest BCUT2D eigenvalue weighted by Gasteiger charge is -2.29. The number of rotatable bonds is 10. The van der Waals surface area contributed by atoms with E-state index >= 15 is 0 Å². The lowest BCUT2D eigenvalue weighted by molar-refractivity contribution is -0.136. The zero-order valence-electron chi connectivity index (χ0n) is 21.2. The van der Waals surface area contributed by atoms with Gasteiger partial charge in [0.2, 0.25) is 0 Å². The van der Waals surface area contributed by atoms with Crippen LogP contribution in [0.1, 0.15) is 65.1 Å². The third-order valence-corrected chi connectivity index (χ3v) is 7.04. The highest BCUT2D eigenvalue weighted by molar-refractivity contribution is 6.30. The topological polar surface area (TPSA) is 70.8 Å². The first-order valence-electron chi connectivity index (χ1n) is 12.7. The molecule has 5 nitrogen and oxygen atoms in total. The maximum Gasteiger partial charge on any atom is 0.305 e. The minimum atomic E-state index is -0.947. The average Bonchev–Trinajstić information content (AvgIpc) is 2.93. The molecule has 6 heteroatoms. The van der Waals surface area contributed by atoms with Crippen molar-refractivity contribution < 1.29 is 14.7 Å². The van der Waals surface area contributed by atoms with Gasteiger partial charge in [-0.05, 0) is 70.1 Å². The molecule has 0 aromatic heterocycles. The number of carbonyl (C=O) groups is 2. The van der Waals surface area contributed by atoms with Crippen LogP contribution in [0.5, 0.6) is 0 Å². The van der Waals surface area contributed by atoms with Crippen LogP contribution in [0.3, 0.4) is 0 Å². The molecule has 0 saturated heterocycles. The number of halogens is 1. The maximum atomic E-state index is 12.5. The van der Waals surface area contributed by atoms with E-state index in [4.69, 9.17) is 23.3 Å². The van der Waals surface area contributed by atoms with Gasteiger partial charge < -0.3 is 10.4 Å². The summed E-state index contributed by atoms with van der Waals surface area (Å²) in [5, 5.41) is 14.3. The molecule has 2 N–H and O–H groups in total. The number of amides is 1. The van der Waals surface area contributed by atoms with Crippen LogP contribution in [0.2, 0.25) is 5.02 Å². The molecule has 4 rings (SSSR count). The summed E-state index contributed by atoms with van der Waals surface area (Å²) in [5.74, 6) is -1.04. The Bertz CT molecular complexity index is 1470. The van der Waals surface area contributed by atoms with Gasteiger partial charge in [-0.3, -0.25) is 9.59 Å². The van der Waals surface area contributed by atoms with Gasteiger partial charge >= 0.3 is 5.97 Å². The molecule has 0 aliphatic heterocycles. The number of nitrogens with zero attached hydrogens (tertiary/aromatic N) is 1. The summed E-state index contributed by atoms with van der Waals surface area (Å²) in [5.41, 5.74) is 4.57. The molecule has 1 unspecified atom stereocenters. The van der Waals surface area contributed by atoms with Crippen molar-refractivity contribution in [2.75, 3.05) is 6.54 Å². The molecular weight excluding hydrogens is 496 g/mol. The minimum Gasteiger partial charge on any atom is -0.481 e. The molecule has 0 fully saturated rings. The van der Waals surface area contributed by atoms with E-state index in [1.54, 1.807) is 12.1 Å².